The van der Waals surface area contributed by atoms with Gasteiger partial charge in [0.25, 0.3) is 0 Å². The van der Waals surface area contributed by atoms with Gasteiger partial charge in [0, 0.05) is 6.54 Å². The summed E-state index contributed by atoms with van der Waals surface area (Å²) < 4.78 is 16.3. The summed E-state index contributed by atoms with van der Waals surface area (Å²) in [7, 11) is 3.14. The first-order valence-corrected chi connectivity index (χ1v) is 6.23. The molecule has 0 atom stereocenters. The van der Waals surface area contributed by atoms with E-state index in [2.05, 4.69) is 15.3 Å². The largest absolute Gasteiger partial charge is 0.493 e. The molecule has 1 N–H and O–H groups in total. The van der Waals surface area contributed by atoms with Crippen LogP contribution in [0.25, 0.3) is 0 Å². The van der Waals surface area contributed by atoms with Gasteiger partial charge in [-0.2, -0.15) is 4.98 Å². The van der Waals surface area contributed by atoms with Gasteiger partial charge in [0.05, 0.1) is 26.6 Å². The molecule has 0 bridgehead atoms. The monoisotopic (exact) mass is 275 g/mol. The van der Waals surface area contributed by atoms with Crippen LogP contribution in [0, 0.1) is 0 Å². The molecule has 2 aromatic rings. The lowest BCUT2D eigenvalue weighted by atomic mass is 10.3. The van der Waals surface area contributed by atoms with Crippen LogP contribution in [0.15, 0.2) is 30.6 Å². The fraction of sp³-hybridized carbons (Fsp3) is 0.286. The molecule has 0 saturated heterocycles. The van der Waals surface area contributed by atoms with Crippen molar-refractivity contribution in [2.75, 3.05) is 26.1 Å². The number of para-hydroxylation sites is 1. The van der Waals surface area contributed by atoms with E-state index in [0.717, 1.165) is 6.54 Å². The third-order valence-electron chi connectivity index (χ3n) is 2.56. The van der Waals surface area contributed by atoms with Crippen LogP contribution in [0.3, 0.4) is 0 Å². The van der Waals surface area contributed by atoms with Crippen molar-refractivity contribution in [1.82, 2.24) is 9.97 Å². The van der Waals surface area contributed by atoms with E-state index in [4.69, 9.17) is 14.2 Å². The van der Waals surface area contributed by atoms with Crippen LogP contribution in [0.1, 0.15) is 6.92 Å². The molecule has 0 fully saturated rings. The molecule has 1 aromatic heterocycles. The molecule has 0 aliphatic carbocycles. The number of methoxy groups -OCH3 is 2. The molecular formula is C14H17N3O3. The Labute approximate surface area is 117 Å². The van der Waals surface area contributed by atoms with Crippen molar-refractivity contribution in [3.8, 4) is 23.1 Å². The van der Waals surface area contributed by atoms with E-state index in [1.165, 1.54) is 6.20 Å². The molecule has 6 heteroatoms. The van der Waals surface area contributed by atoms with Gasteiger partial charge in [0.2, 0.25) is 11.6 Å². The molecule has 20 heavy (non-hydrogen) atoms. The van der Waals surface area contributed by atoms with Gasteiger partial charge in [-0.05, 0) is 19.1 Å². The number of hydrogen-bond donors (Lipinski definition) is 1. The molecule has 2 rings (SSSR count). The molecule has 1 aromatic carbocycles. The fourth-order valence-corrected chi connectivity index (χ4v) is 1.69. The first kappa shape index (κ1) is 13.9. The molecule has 0 unspecified atom stereocenters. The molecule has 0 radical (unpaired) electrons. The van der Waals surface area contributed by atoms with E-state index in [0.29, 0.717) is 28.9 Å². The molecule has 1 heterocycles. The van der Waals surface area contributed by atoms with Crippen molar-refractivity contribution in [3.05, 3.63) is 30.6 Å². The van der Waals surface area contributed by atoms with Crippen molar-refractivity contribution in [1.29, 1.82) is 0 Å². The van der Waals surface area contributed by atoms with Crippen molar-refractivity contribution in [3.63, 3.8) is 0 Å². The lowest BCUT2D eigenvalue weighted by Crippen LogP contribution is -2.01. The molecule has 0 aliphatic rings. The number of aromatic nitrogens is 2. The molecule has 0 saturated carbocycles. The summed E-state index contributed by atoms with van der Waals surface area (Å²) in [4.78, 5) is 8.38. The summed E-state index contributed by atoms with van der Waals surface area (Å²) in [6, 6.07) is 5.41. The molecule has 0 spiro atoms. The van der Waals surface area contributed by atoms with Gasteiger partial charge in [0.1, 0.15) is 5.82 Å². The highest BCUT2D eigenvalue weighted by Crippen LogP contribution is 2.39. The SMILES string of the molecule is CCNc1cncc(Oc2c(OC)cccc2OC)n1. The molecule has 0 amide bonds. The Hall–Kier alpha value is -2.50. The molecule has 0 aliphatic heterocycles. The van der Waals surface area contributed by atoms with Gasteiger partial charge in [-0.1, -0.05) is 6.07 Å². The van der Waals surface area contributed by atoms with E-state index < -0.39 is 0 Å². The summed E-state index contributed by atoms with van der Waals surface area (Å²) in [5, 5.41) is 3.07. The van der Waals surface area contributed by atoms with Gasteiger partial charge in [0.15, 0.2) is 11.5 Å². The predicted octanol–water partition coefficient (Wildman–Crippen LogP) is 2.72. The van der Waals surface area contributed by atoms with Crippen LogP contribution < -0.4 is 19.5 Å². The smallest absolute Gasteiger partial charge is 0.240 e. The maximum Gasteiger partial charge on any atom is 0.240 e. The van der Waals surface area contributed by atoms with Crippen LogP contribution >= 0.6 is 0 Å². The Balaban J connectivity index is 2.31. The second-order valence-corrected chi connectivity index (χ2v) is 3.87. The average molecular weight is 275 g/mol. The summed E-state index contributed by atoms with van der Waals surface area (Å²) in [5.41, 5.74) is 0. The van der Waals surface area contributed by atoms with E-state index in [-0.39, 0.29) is 0 Å². The van der Waals surface area contributed by atoms with E-state index >= 15 is 0 Å². The van der Waals surface area contributed by atoms with Gasteiger partial charge in [-0.15, -0.1) is 0 Å². The minimum atomic E-state index is 0.367. The summed E-state index contributed by atoms with van der Waals surface area (Å²) in [6.45, 7) is 2.74. The number of hydrogen-bond acceptors (Lipinski definition) is 6. The number of rotatable bonds is 6. The van der Waals surface area contributed by atoms with Crippen LogP contribution in [-0.4, -0.2) is 30.7 Å². The number of benzene rings is 1. The lowest BCUT2D eigenvalue weighted by molar-refractivity contribution is 0.341. The fourth-order valence-electron chi connectivity index (χ4n) is 1.69. The summed E-state index contributed by atoms with van der Waals surface area (Å²) >= 11 is 0. The number of anilines is 1. The highest BCUT2D eigenvalue weighted by Gasteiger charge is 2.13. The Morgan fingerprint density at radius 3 is 2.40 bits per heavy atom. The standard InChI is InChI=1S/C14H17N3O3/c1-4-16-12-8-15-9-13(17-12)20-14-10(18-2)6-5-7-11(14)19-3/h5-9H,4H2,1-3H3,(H,16,17). The minimum Gasteiger partial charge on any atom is -0.493 e. The third-order valence-corrected chi connectivity index (χ3v) is 2.56. The van der Waals surface area contributed by atoms with Crippen molar-refractivity contribution in [2.45, 2.75) is 6.92 Å². The predicted molar refractivity (Wildman–Crippen MR) is 75.8 cm³/mol. The summed E-state index contributed by atoms with van der Waals surface area (Å²) in [5.74, 6) is 2.63. The van der Waals surface area contributed by atoms with Crippen molar-refractivity contribution < 1.29 is 14.2 Å². The zero-order chi connectivity index (χ0) is 14.4. The van der Waals surface area contributed by atoms with Crippen LogP contribution in [0.5, 0.6) is 23.1 Å². The van der Waals surface area contributed by atoms with Gasteiger partial charge >= 0.3 is 0 Å². The Kier molecular flexibility index (Phi) is 4.60. The second kappa shape index (κ2) is 6.60. The number of nitrogens with one attached hydrogen (secondary N) is 1. The maximum atomic E-state index is 5.75. The number of ether oxygens (including phenoxy) is 3. The number of nitrogens with zero attached hydrogens (tertiary/aromatic N) is 2. The Morgan fingerprint density at radius 1 is 1.10 bits per heavy atom. The second-order valence-electron chi connectivity index (χ2n) is 3.87. The van der Waals surface area contributed by atoms with Gasteiger partial charge in [-0.3, -0.25) is 4.98 Å². The molecule has 106 valence electrons. The highest BCUT2D eigenvalue weighted by molar-refractivity contribution is 5.52. The molecule has 6 nitrogen and oxygen atoms in total. The van der Waals surface area contributed by atoms with Crippen LogP contribution in [-0.2, 0) is 0 Å². The van der Waals surface area contributed by atoms with Crippen molar-refractivity contribution >= 4 is 5.82 Å². The average Bonchev–Trinajstić information content (AvgIpc) is 2.48. The van der Waals surface area contributed by atoms with Crippen LogP contribution in [0.4, 0.5) is 5.82 Å². The summed E-state index contributed by atoms with van der Waals surface area (Å²) in [6.07, 6.45) is 3.17. The zero-order valence-corrected chi connectivity index (χ0v) is 11.7. The van der Waals surface area contributed by atoms with E-state index in [1.54, 1.807) is 32.5 Å². The van der Waals surface area contributed by atoms with Crippen molar-refractivity contribution in [2.24, 2.45) is 0 Å². The molecular weight excluding hydrogens is 258 g/mol. The van der Waals surface area contributed by atoms with Crippen LogP contribution in [0.2, 0.25) is 0 Å². The topological polar surface area (TPSA) is 65.5 Å². The lowest BCUT2D eigenvalue weighted by Gasteiger charge is -2.13. The van der Waals surface area contributed by atoms with E-state index in [1.807, 2.05) is 13.0 Å². The normalized spacial score (nSPS) is 9.95. The van der Waals surface area contributed by atoms with E-state index in [9.17, 15) is 0 Å². The first-order valence-electron chi connectivity index (χ1n) is 6.23. The third kappa shape index (κ3) is 3.09. The quantitative estimate of drug-likeness (QED) is 0.874. The highest BCUT2D eigenvalue weighted by atomic mass is 16.5. The Morgan fingerprint density at radius 2 is 1.80 bits per heavy atom. The zero-order valence-electron chi connectivity index (χ0n) is 11.7. The maximum absolute atomic E-state index is 5.75. The minimum absolute atomic E-state index is 0.367. The Bertz CT molecular complexity index is 553. The van der Waals surface area contributed by atoms with Gasteiger partial charge < -0.3 is 19.5 Å². The first-order chi connectivity index (χ1) is 9.78. The van der Waals surface area contributed by atoms with Gasteiger partial charge in [-0.25, -0.2) is 0 Å².